The fourth-order valence-corrected chi connectivity index (χ4v) is 9.74. The highest BCUT2D eigenvalue weighted by Gasteiger charge is 2.82. The molecule has 2 unspecified atom stereocenters. The molecular weight excluding hydrogens is 537 g/mol. The summed E-state index contributed by atoms with van der Waals surface area (Å²) in [5.41, 5.74) is -6.73. The Kier molecular flexibility index (Phi) is 6.85. The van der Waals surface area contributed by atoms with Crippen molar-refractivity contribution in [3.05, 3.63) is 11.6 Å². The molecule has 5 rings (SSSR count). The van der Waals surface area contributed by atoms with Gasteiger partial charge in [0, 0.05) is 23.2 Å². The van der Waals surface area contributed by atoms with Crippen molar-refractivity contribution in [2.75, 3.05) is 13.2 Å². The molecule has 9 nitrogen and oxygen atoms in total. The van der Waals surface area contributed by atoms with Gasteiger partial charge in [-0.1, -0.05) is 13.8 Å². The third kappa shape index (κ3) is 3.83. The number of aliphatic hydroxyl groups is 1. The van der Waals surface area contributed by atoms with Crippen molar-refractivity contribution in [3.8, 4) is 0 Å². The third-order valence-corrected chi connectivity index (χ3v) is 11.6. The lowest BCUT2D eigenvalue weighted by Crippen LogP contribution is -2.71. The molecule has 1 heterocycles. The number of phosphoric acid groups is 1. The highest BCUT2D eigenvalue weighted by molar-refractivity contribution is 7.49. The summed E-state index contributed by atoms with van der Waals surface area (Å²) in [6.07, 6.45) is -3.15. The van der Waals surface area contributed by atoms with Crippen LogP contribution in [-0.4, -0.2) is 65.5 Å². The van der Waals surface area contributed by atoms with Crippen LogP contribution in [0.5, 0.6) is 0 Å². The molecule has 0 radical (unpaired) electrons. The van der Waals surface area contributed by atoms with E-state index >= 15 is 8.78 Å². The van der Waals surface area contributed by atoms with Crippen LogP contribution in [0, 0.1) is 22.7 Å². The van der Waals surface area contributed by atoms with Gasteiger partial charge in [0.25, 0.3) is 0 Å². The number of ether oxygens (including phenoxy) is 2. The zero-order valence-electron chi connectivity index (χ0n) is 23.3. The number of hydrogen-bond acceptors (Lipinski definition) is 9. The van der Waals surface area contributed by atoms with Crippen LogP contribution in [0.25, 0.3) is 0 Å². The number of ketones is 1. The van der Waals surface area contributed by atoms with Gasteiger partial charge in [0.1, 0.15) is 17.9 Å². The van der Waals surface area contributed by atoms with Crippen molar-refractivity contribution in [1.82, 2.24) is 0 Å². The van der Waals surface area contributed by atoms with Gasteiger partial charge in [0.15, 0.2) is 11.6 Å². The maximum Gasteiger partial charge on any atom is 0.532 e. The Bertz CT molecular complexity index is 1130. The van der Waals surface area contributed by atoms with Crippen molar-refractivity contribution in [2.24, 2.45) is 22.7 Å². The molecule has 4 fully saturated rings. The molecule has 4 aliphatic carbocycles. The number of carbonyl (C=O) groups is 2. The van der Waals surface area contributed by atoms with Crippen LogP contribution >= 0.6 is 7.82 Å². The van der Waals surface area contributed by atoms with Gasteiger partial charge in [-0.25, -0.2) is 18.1 Å². The Balaban J connectivity index is 1.60. The van der Waals surface area contributed by atoms with E-state index in [4.69, 9.17) is 23.0 Å². The number of phosphoric ester groups is 1. The molecule has 0 aromatic heterocycles. The summed E-state index contributed by atoms with van der Waals surface area (Å²) in [6.45, 7) is 9.57. The highest BCUT2D eigenvalue weighted by atomic mass is 31.2. The van der Waals surface area contributed by atoms with Crippen molar-refractivity contribution < 1.29 is 51.1 Å². The molecule has 9 atom stereocenters. The summed E-state index contributed by atoms with van der Waals surface area (Å²) in [5.74, 6) is -4.22. The van der Waals surface area contributed by atoms with Crippen LogP contribution in [0.3, 0.4) is 0 Å². The summed E-state index contributed by atoms with van der Waals surface area (Å²) in [5, 5.41) is 11.6. The van der Waals surface area contributed by atoms with E-state index < -0.39 is 71.9 Å². The lowest BCUT2D eigenvalue weighted by molar-refractivity contribution is -0.258. The Morgan fingerprint density at radius 1 is 1.15 bits per heavy atom. The van der Waals surface area contributed by atoms with Gasteiger partial charge in [0.2, 0.25) is 5.60 Å². The number of alkyl halides is 2. The molecule has 1 N–H and O–H groups in total. The molecule has 220 valence electrons. The van der Waals surface area contributed by atoms with Gasteiger partial charge in [-0.2, -0.15) is 0 Å². The molecule has 12 heteroatoms. The summed E-state index contributed by atoms with van der Waals surface area (Å²) < 4.78 is 74.8. The first-order chi connectivity index (χ1) is 18.0. The Labute approximate surface area is 227 Å². The number of aliphatic hydroxyl groups excluding tert-OH is 1. The zero-order valence-corrected chi connectivity index (χ0v) is 24.2. The Morgan fingerprint density at radius 3 is 2.41 bits per heavy atom. The molecule has 3 saturated carbocycles. The van der Waals surface area contributed by atoms with Gasteiger partial charge in [-0.15, -0.1) is 0 Å². The molecule has 0 amide bonds. The predicted octanol–water partition coefficient (Wildman–Crippen LogP) is 4.75. The van der Waals surface area contributed by atoms with E-state index in [0.717, 1.165) is 0 Å². The minimum atomic E-state index is -4.33. The lowest BCUT2D eigenvalue weighted by atomic mass is 9.43. The average molecular weight is 577 g/mol. The van der Waals surface area contributed by atoms with E-state index in [1.165, 1.54) is 6.08 Å². The van der Waals surface area contributed by atoms with E-state index in [9.17, 15) is 19.3 Å². The van der Waals surface area contributed by atoms with E-state index in [2.05, 4.69) is 0 Å². The van der Waals surface area contributed by atoms with E-state index in [-0.39, 0.29) is 56.7 Å². The Hall–Kier alpha value is -1.23. The second-order valence-electron chi connectivity index (χ2n) is 12.5. The van der Waals surface area contributed by atoms with Gasteiger partial charge in [-0.3, -0.25) is 13.8 Å². The number of rotatable bonds is 6. The largest absolute Gasteiger partial charge is 0.532 e. The van der Waals surface area contributed by atoms with Crippen LogP contribution in [0.2, 0.25) is 0 Å². The number of fused-ring (bicyclic) bond motifs is 7. The monoisotopic (exact) mass is 576 g/mol. The minimum absolute atomic E-state index is 0.0519. The van der Waals surface area contributed by atoms with Crippen LogP contribution in [0.4, 0.5) is 8.78 Å². The summed E-state index contributed by atoms with van der Waals surface area (Å²) in [4.78, 5) is 26.2. The maximum atomic E-state index is 17.5. The molecule has 1 aliphatic heterocycles. The first kappa shape index (κ1) is 29.3. The summed E-state index contributed by atoms with van der Waals surface area (Å²) in [7, 11) is -4.33. The molecule has 0 aromatic carbocycles. The second-order valence-corrected chi connectivity index (χ2v) is 14.1. The maximum absolute atomic E-state index is 17.5. The molecule has 39 heavy (non-hydrogen) atoms. The van der Waals surface area contributed by atoms with Crippen LogP contribution in [0.1, 0.15) is 73.6 Å². The van der Waals surface area contributed by atoms with E-state index in [0.29, 0.717) is 0 Å². The SMILES string of the molecule is CCOP(=O)(OCC)OC(=O)[C@@]12OC(C)(C)O[C@@H]1CC1C3C[C@H](F)C4=CC(=O)CC[C@]4(C)[C@@]3(F)[C@@H](O)C[C@@]12C. The fourth-order valence-electron chi connectivity index (χ4n) is 8.58. The second kappa shape index (κ2) is 9.13. The molecule has 0 bridgehead atoms. The first-order valence-electron chi connectivity index (χ1n) is 13.8. The third-order valence-electron chi connectivity index (χ3n) is 10.1. The van der Waals surface area contributed by atoms with Crippen molar-refractivity contribution in [2.45, 2.75) is 109 Å². The normalized spacial score (nSPS) is 46.5. The van der Waals surface area contributed by atoms with Crippen LogP contribution in [-0.2, 0) is 37.2 Å². The minimum Gasteiger partial charge on any atom is -0.390 e. The molecular formula is C27H39F2O9P. The van der Waals surface area contributed by atoms with E-state index in [1.807, 2.05) is 0 Å². The molecule has 5 aliphatic rings. The van der Waals surface area contributed by atoms with Gasteiger partial charge in [0.05, 0.1) is 19.3 Å². The summed E-state index contributed by atoms with van der Waals surface area (Å²) in [6, 6.07) is 0. The predicted molar refractivity (Wildman–Crippen MR) is 134 cm³/mol. The summed E-state index contributed by atoms with van der Waals surface area (Å²) >= 11 is 0. The smallest absolute Gasteiger partial charge is 0.390 e. The molecule has 1 saturated heterocycles. The van der Waals surface area contributed by atoms with Gasteiger partial charge < -0.3 is 19.1 Å². The van der Waals surface area contributed by atoms with Crippen LogP contribution < -0.4 is 0 Å². The van der Waals surface area contributed by atoms with Crippen LogP contribution in [0.15, 0.2) is 11.6 Å². The first-order valence-corrected chi connectivity index (χ1v) is 15.3. The van der Waals surface area contributed by atoms with Gasteiger partial charge in [-0.05, 0) is 70.9 Å². The van der Waals surface area contributed by atoms with Crippen molar-refractivity contribution >= 4 is 19.6 Å². The highest BCUT2D eigenvalue weighted by Crippen LogP contribution is 2.73. The standard InChI is InChI=1S/C27H39F2O9P/c1-7-34-39(33,35-8-2)37-22(32)27-21(36-23(3,4)38-27)13-16-17-12-19(28)18-11-15(30)9-10-24(18,5)26(17,29)20(31)14-25(16,27)6/h11,16-17,19-21,31H,7-10,12-14H2,1-6H3/t16?,17?,19-,20-,21+,24-,25-,26-,27-/m0/s1. The molecule has 0 spiro atoms. The Morgan fingerprint density at radius 2 is 1.79 bits per heavy atom. The molecule has 0 aromatic rings. The van der Waals surface area contributed by atoms with Crippen molar-refractivity contribution in [1.29, 1.82) is 0 Å². The number of carbonyl (C=O) groups excluding carboxylic acids is 2. The van der Waals surface area contributed by atoms with Gasteiger partial charge >= 0.3 is 13.8 Å². The zero-order chi connectivity index (χ0) is 28.8. The number of hydrogen-bond donors (Lipinski definition) is 1. The fraction of sp³-hybridized carbons (Fsp3) is 0.852. The number of allylic oxidation sites excluding steroid dienone is 1. The van der Waals surface area contributed by atoms with E-state index in [1.54, 1.807) is 41.5 Å². The lowest BCUT2D eigenvalue weighted by Gasteiger charge is -2.63. The quantitative estimate of drug-likeness (QED) is 0.447. The van der Waals surface area contributed by atoms with Crippen molar-refractivity contribution in [3.63, 3.8) is 0 Å². The number of halogens is 2. The topological polar surface area (TPSA) is 118 Å². The average Bonchev–Trinajstić information content (AvgIpc) is 3.23.